The van der Waals surface area contributed by atoms with E-state index in [2.05, 4.69) is 33.2 Å². The maximum absolute atomic E-state index is 13.6. The number of carbonyl (C=O) groups is 1. The van der Waals surface area contributed by atoms with Crippen LogP contribution in [0, 0.1) is 19.8 Å². The molecule has 2 aliphatic carbocycles. The molecule has 3 aromatic rings. The van der Waals surface area contributed by atoms with Crippen molar-refractivity contribution < 1.29 is 13.6 Å². The number of nitrogens with zero attached hydrogens (tertiary/aromatic N) is 1. The molecule has 9 heteroatoms. The van der Waals surface area contributed by atoms with Crippen molar-refractivity contribution in [2.24, 2.45) is 5.92 Å². The summed E-state index contributed by atoms with van der Waals surface area (Å²) in [5.41, 5.74) is 3.77. The van der Waals surface area contributed by atoms with Gasteiger partial charge in [0.25, 0.3) is 17.4 Å². The fraction of sp³-hybridized carbons (Fsp3) is 0.533. The van der Waals surface area contributed by atoms with E-state index in [4.69, 9.17) is 0 Å². The molecule has 2 fully saturated rings. The lowest BCUT2D eigenvalue weighted by Gasteiger charge is -2.41. The van der Waals surface area contributed by atoms with Crippen LogP contribution in [0.5, 0.6) is 0 Å². The third-order valence-electron chi connectivity index (χ3n) is 8.68. The Morgan fingerprint density at radius 2 is 1.85 bits per heavy atom. The molecule has 3 N–H and O–H groups in total. The summed E-state index contributed by atoms with van der Waals surface area (Å²) in [6.07, 6.45) is 5.83. The number of hydrogen-bond acceptors (Lipinski definition) is 4. The van der Waals surface area contributed by atoms with E-state index in [1.807, 2.05) is 44.4 Å². The highest BCUT2D eigenvalue weighted by Crippen LogP contribution is 2.41. The van der Waals surface area contributed by atoms with Gasteiger partial charge in [0.1, 0.15) is 0 Å². The van der Waals surface area contributed by atoms with Crippen LogP contribution in [0.15, 0.2) is 40.0 Å². The monoisotopic (exact) mass is 556 g/mol. The molecule has 1 atom stereocenters. The van der Waals surface area contributed by atoms with Gasteiger partial charge in [0.05, 0.1) is 5.56 Å². The van der Waals surface area contributed by atoms with Crippen LogP contribution in [0.25, 0.3) is 10.9 Å². The first kappa shape index (κ1) is 27.9. The fourth-order valence-electron chi connectivity index (χ4n) is 6.59. The number of carbonyl (C=O) groups excluding carboxylic acids is 1. The van der Waals surface area contributed by atoms with E-state index in [1.165, 1.54) is 11.8 Å². The van der Waals surface area contributed by atoms with Gasteiger partial charge in [-0.3, -0.25) is 9.59 Å². The second kappa shape index (κ2) is 11.1. The third-order valence-corrected chi connectivity index (χ3v) is 9.49. The summed E-state index contributed by atoms with van der Waals surface area (Å²) < 4.78 is 28.8. The summed E-state index contributed by atoms with van der Waals surface area (Å²) in [6.45, 7) is 6.23. The van der Waals surface area contributed by atoms with Crippen LogP contribution >= 0.6 is 11.8 Å². The van der Waals surface area contributed by atoms with E-state index in [0.29, 0.717) is 23.1 Å². The number of nitrogens with one attached hydrogen (secondary N) is 3. The first-order chi connectivity index (χ1) is 18.6. The molecular weight excluding hydrogens is 518 g/mol. The van der Waals surface area contributed by atoms with Crippen LogP contribution in [0.4, 0.5) is 8.78 Å². The lowest BCUT2D eigenvalue weighted by molar-refractivity contribution is -0.0957. The maximum atomic E-state index is 13.6. The number of hydrogen-bond donors (Lipinski definition) is 3. The van der Waals surface area contributed by atoms with Gasteiger partial charge in [-0.05, 0) is 70.8 Å². The number of aromatic amines is 1. The summed E-state index contributed by atoms with van der Waals surface area (Å²) in [4.78, 5) is 29.8. The number of benzene rings is 1. The molecule has 2 aromatic heterocycles. The smallest absolute Gasteiger partial charge is 0.254 e. The van der Waals surface area contributed by atoms with Crippen molar-refractivity contribution in [1.82, 2.24) is 20.2 Å². The van der Waals surface area contributed by atoms with Gasteiger partial charge in [0.2, 0.25) is 0 Å². The molecule has 0 aliphatic heterocycles. The number of para-hydroxylation sites is 1. The largest absolute Gasteiger partial charge is 0.348 e. The van der Waals surface area contributed by atoms with Crippen molar-refractivity contribution in [3.8, 4) is 0 Å². The number of rotatable bonds is 8. The molecule has 0 radical (unpaired) electrons. The molecule has 0 unspecified atom stereocenters. The normalized spacial score (nSPS) is 22.0. The van der Waals surface area contributed by atoms with Crippen LogP contribution < -0.4 is 16.2 Å². The Labute approximate surface area is 232 Å². The zero-order valence-corrected chi connectivity index (χ0v) is 23.9. The van der Waals surface area contributed by atoms with Crippen LogP contribution in [0.2, 0.25) is 0 Å². The molecule has 0 saturated heterocycles. The average Bonchev–Trinajstić information content (AvgIpc) is 3.18. The van der Waals surface area contributed by atoms with Gasteiger partial charge >= 0.3 is 0 Å². The number of alkyl halides is 2. The number of fused-ring (bicyclic) bond motifs is 1. The molecular formula is C30H38F2N4O2S. The van der Waals surface area contributed by atoms with Gasteiger partial charge in [0, 0.05) is 70.3 Å². The minimum absolute atomic E-state index is 0.0420. The average molecular weight is 557 g/mol. The highest BCUT2D eigenvalue weighted by atomic mass is 32.2. The van der Waals surface area contributed by atoms with E-state index in [0.717, 1.165) is 52.9 Å². The molecule has 5 rings (SSSR count). The van der Waals surface area contributed by atoms with Crippen LogP contribution in [-0.4, -0.2) is 39.7 Å². The summed E-state index contributed by atoms with van der Waals surface area (Å²) >= 11 is 1.50. The molecule has 0 bridgehead atoms. The molecule has 39 heavy (non-hydrogen) atoms. The summed E-state index contributed by atoms with van der Waals surface area (Å²) in [7, 11) is 0. The molecule has 6 nitrogen and oxygen atoms in total. The Morgan fingerprint density at radius 1 is 1.15 bits per heavy atom. The van der Waals surface area contributed by atoms with Crippen molar-refractivity contribution in [3.05, 3.63) is 63.2 Å². The molecule has 1 aromatic carbocycles. The van der Waals surface area contributed by atoms with Crippen LogP contribution in [0.3, 0.4) is 0 Å². The first-order valence-electron chi connectivity index (χ1n) is 13.9. The van der Waals surface area contributed by atoms with E-state index >= 15 is 0 Å². The second-order valence-electron chi connectivity index (χ2n) is 11.3. The molecule has 1 amide bonds. The van der Waals surface area contributed by atoms with Gasteiger partial charge in [-0.25, -0.2) is 8.78 Å². The van der Waals surface area contributed by atoms with Gasteiger partial charge in [0.15, 0.2) is 0 Å². The standard InChI is InChI=1S/C30H38F2N4O2S/c1-17-13-26(39-4)24(28(37)34-17)16-33-29(38)27-19(3)36(25-8-6-5-7-23(25)27)18(2)20-9-11-21(12-10-20)35-22-14-30(31,32)15-22/h5-8,13,18,20-22,35H,9-12,14-16H2,1-4H3,(H,33,38)(H,34,37)/t18-,20-,21+/m1/s1. The SMILES string of the molecule is CSc1cc(C)[nH]c(=O)c1CNC(=O)c1c(C)n([C@H](C)[C@H]2CC[C@@H](NC3CC(F)(F)C3)CC2)c2ccccc12. The summed E-state index contributed by atoms with van der Waals surface area (Å²) in [5, 5.41) is 7.36. The minimum Gasteiger partial charge on any atom is -0.348 e. The number of amides is 1. The highest BCUT2D eigenvalue weighted by molar-refractivity contribution is 7.98. The van der Waals surface area contributed by atoms with Crippen molar-refractivity contribution in [3.63, 3.8) is 0 Å². The maximum Gasteiger partial charge on any atom is 0.254 e. The summed E-state index contributed by atoms with van der Waals surface area (Å²) in [6, 6.07) is 10.4. The van der Waals surface area contributed by atoms with Gasteiger partial charge in [-0.15, -0.1) is 11.8 Å². The van der Waals surface area contributed by atoms with Crippen molar-refractivity contribution in [1.29, 1.82) is 0 Å². The second-order valence-corrected chi connectivity index (χ2v) is 12.2. The lowest BCUT2D eigenvalue weighted by atomic mass is 9.80. The Bertz CT molecular complexity index is 1420. The van der Waals surface area contributed by atoms with Crippen molar-refractivity contribution >= 4 is 28.6 Å². The first-order valence-corrected chi connectivity index (χ1v) is 15.1. The molecule has 2 aliphatic rings. The van der Waals surface area contributed by atoms with Crippen molar-refractivity contribution in [2.45, 2.75) is 94.8 Å². The number of pyridine rings is 1. The number of aryl methyl sites for hydroxylation is 1. The Hall–Kier alpha value is -2.65. The fourth-order valence-corrected chi connectivity index (χ4v) is 7.29. The summed E-state index contributed by atoms with van der Waals surface area (Å²) in [5.74, 6) is -2.24. The Kier molecular flexibility index (Phi) is 7.93. The zero-order valence-electron chi connectivity index (χ0n) is 23.1. The third kappa shape index (κ3) is 5.66. The predicted molar refractivity (Wildman–Crippen MR) is 153 cm³/mol. The number of H-pyrrole nitrogens is 1. The highest BCUT2D eigenvalue weighted by Gasteiger charge is 2.46. The lowest BCUT2D eigenvalue weighted by Crippen LogP contribution is -2.52. The number of thioether (sulfide) groups is 1. The number of aromatic nitrogens is 2. The van der Waals surface area contributed by atoms with E-state index in [1.54, 1.807) is 0 Å². The van der Waals surface area contributed by atoms with Crippen molar-refractivity contribution in [2.75, 3.05) is 6.26 Å². The quantitative estimate of drug-likeness (QED) is 0.293. The van der Waals surface area contributed by atoms with E-state index in [-0.39, 0.29) is 42.9 Å². The molecule has 2 heterocycles. The minimum atomic E-state index is -2.49. The van der Waals surface area contributed by atoms with Crippen LogP contribution in [-0.2, 0) is 6.54 Å². The van der Waals surface area contributed by atoms with E-state index < -0.39 is 5.92 Å². The number of halogens is 2. The molecule has 0 spiro atoms. The Balaban J connectivity index is 1.32. The van der Waals surface area contributed by atoms with Gasteiger partial charge in [-0.1, -0.05) is 18.2 Å². The predicted octanol–water partition coefficient (Wildman–Crippen LogP) is 6.11. The molecule has 2 saturated carbocycles. The topological polar surface area (TPSA) is 78.9 Å². The zero-order chi connectivity index (χ0) is 27.9. The molecule has 210 valence electrons. The van der Waals surface area contributed by atoms with E-state index in [9.17, 15) is 18.4 Å². The van der Waals surface area contributed by atoms with Gasteiger partial charge in [-0.2, -0.15) is 0 Å². The van der Waals surface area contributed by atoms with Gasteiger partial charge < -0.3 is 20.2 Å². The Morgan fingerprint density at radius 3 is 2.51 bits per heavy atom. The van der Waals surface area contributed by atoms with Crippen LogP contribution in [0.1, 0.15) is 78.8 Å².